The number of nitrogens with zero attached hydrogens (tertiary/aromatic N) is 1. The van der Waals surface area contributed by atoms with Gasteiger partial charge in [0.25, 0.3) is 0 Å². The summed E-state index contributed by atoms with van der Waals surface area (Å²) in [6.45, 7) is 4.88. The van der Waals surface area contributed by atoms with E-state index in [9.17, 15) is 19.5 Å². The van der Waals surface area contributed by atoms with Gasteiger partial charge in [-0.2, -0.15) is 0 Å². The fourth-order valence-corrected chi connectivity index (χ4v) is 3.88. The number of carbonyl (C=O) groups is 3. The van der Waals surface area contributed by atoms with Crippen LogP contribution >= 0.6 is 0 Å². The second-order valence-corrected chi connectivity index (χ2v) is 8.07. The first kappa shape index (κ1) is 22.3. The Morgan fingerprint density at radius 2 is 1.61 bits per heavy atom. The van der Waals surface area contributed by atoms with Crippen LogP contribution in [0, 0.1) is 0 Å². The van der Waals surface area contributed by atoms with Gasteiger partial charge in [-0.05, 0) is 42.5 Å². The van der Waals surface area contributed by atoms with Gasteiger partial charge in [0.15, 0.2) is 0 Å². The third-order valence-corrected chi connectivity index (χ3v) is 6.16. The van der Waals surface area contributed by atoms with Gasteiger partial charge < -0.3 is 20.1 Å². The molecule has 2 aromatic rings. The zero-order valence-electron chi connectivity index (χ0n) is 18.2. The fourth-order valence-electron chi connectivity index (χ4n) is 3.88. The molecule has 0 aromatic heterocycles. The molecular weight excluding hydrogens is 396 g/mol. The van der Waals surface area contributed by atoms with Gasteiger partial charge in [-0.15, -0.1) is 0 Å². The van der Waals surface area contributed by atoms with Gasteiger partial charge in [0, 0.05) is 13.0 Å². The summed E-state index contributed by atoms with van der Waals surface area (Å²) in [5.41, 5.74) is 3.18. The van der Waals surface area contributed by atoms with Gasteiger partial charge in [0.05, 0.1) is 0 Å². The second kappa shape index (κ2) is 8.79. The molecule has 164 valence electrons. The van der Waals surface area contributed by atoms with Crippen molar-refractivity contribution in [2.24, 2.45) is 0 Å². The van der Waals surface area contributed by atoms with Crippen LogP contribution in [0.4, 0.5) is 4.79 Å². The molecule has 1 aliphatic rings. The molecule has 0 saturated heterocycles. The van der Waals surface area contributed by atoms with Gasteiger partial charge in [-0.1, -0.05) is 55.5 Å². The van der Waals surface area contributed by atoms with Crippen LogP contribution in [0.15, 0.2) is 48.5 Å². The average Bonchev–Trinajstić information content (AvgIpc) is 3.09. The minimum Gasteiger partial charge on any atom is -0.480 e. The van der Waals surface area contributed by atoms with Crippen molar-refractivity contribution >= 4 is 18.0 Å². The highest BCUT2D eigenvalue weighted by Crippen LogP contribution is 2.44. The SMILES string of the molecule is CCC(C)(NC(=O)OCC1c2ccccc2-c2ccccc21)C(=O)N(C)C(C)C(=O)O. The van der Waals surface area contributed by atoms with E-state index >= 15 is 0 Å². The second-order valence-electron chi connectivity index (χ2n) is 8.07. The zero-order chi connectivity index (χ0) is 22.8. The predicted molar refractivity (Wildman–Crippen MR) is 117 cm³/mol. The van der Waals surface area contributed by atoms with E-state index in [1.165, 1.54) is 14.0 Å². The maximum absolute atomic E-state index is 12.9. The molecule has 0 heterocycles. The number of fused-ring (bicyclic) bond motifs is 3. The number of aliphatic carboxylic acids is 1. The van der Waals surface area contributed by atoms with E-state index in [0.717, 1.165) is 27.2 Å². The van der Waals surface area contributed by atoms with Crippen molar-refractivity contribution in [3.05, 3.63) is 59.7 Å². The molecule has 31 heavy (non-hydrogen) atoms. The maximum atomic E-state index is 12.9. The Labute approximate surface area is 182 Å². The molecule has 2 atom stereocenters. The van der Waals surface area contributed by atoms with Crippen LogP contribution in [0.2, 0.25) is 0 Å². The molecular formula is C24H28N2O5. The number of amides is 2. The maximum Gasteiger partial charge on any atom is 0.408 e. The lowest BCUT2D eigenvalue weighted by Gasteiger charge is -2.34. The van der Waals surface area contributed by atoms with Crippen molar-refractivity contribution < 1.29 is 24.2 Å². The Hall–Kier alpha value is -3.35. The Kier molecular flexibility index (Phi) is 6.34. The quantitative estimate of drug-likeness (QED) is 0.708. The average molecular weight is 424 g/mol. The van der Waals surface area contributed by atoms with Crippen molar-refractivity contribution in [3.63, 3.8) is 0 Å². The summed E-state index contributed by atoms with van der Waals surface area (Å²) in [6, 6.07) is 15.1. The highest BCUT2D eigenvalue weighted by molar-refractivity contribution is 5.92. The first-order valence-electron chi connectivity index (χ1n) is 10.3. The standard InChI is InChI=1S/C24H28N2O5/c1-5-24(3,22(29)26(4)15(2)21(27)28)25-23(30)31-14-20-18-12-8-6-10-16(18)17-11-7-9-13-19(17)20/h6-13,15,20H,5,14H2,1-4H3,(H,25,30)(H,27,28). The number of rotatable bonds is 7. The Bertz CT molecular complexity index is 959. The zero-order valence-corrected chi connectivity index (χ0v) is 18.2. The summed E-state index contributed by atoms with van der Waals surface area (Å²) < 4.78 is 5.54. The number of ether oxygens (including phenoxy) is 1. The summed E-state index contributed by atoms with van der Waals surface area (Å²) in [5, 5.41) is 11.8. The van der Waals surface area contributed by atoms with Crippen molar-refractivity contribution in [3.8, 4) is 11.1 Å². The number of nitrogens with one attached hydrogen (secondary N) is 1. The molecule has 0 fully saturated rings. The topological polar surface area (TPSA) is 95.9 Å². The number of carbonyl (C=O) groups excluding carboxylic acids is 2. The summed E-state index contributed by atoms with van der Waals surface area (Å²) in [5.74, 6) is -1.69. The number of hydrogen-bond donors (Lipinski definition) is 2. The van der Waals surface area contributed by atoms with Gasteiger partial charge >= 0.3 is 12.1 Å². The number of likely N-dealkylation sites (N-methyl/N-ethyl adjacent to an activating group) is 1. The number of alkyl carbamates (subject to hydrolysis) is 1. The van der Waals surface area contributed by atoms with Crippen LogP contribution in [-0.2, 0) is 14.3 Å². The van der Waals surface area contributed by atoms with Crippen LogP contribution in [0.5, 0.6) is 0 Å². The van der Waals surface area contributed by atoms with Crippen LogP contribution in [0.25, 0.3) is 11.1 Å². The van der Waals surface area contributed by atoms with E-state index in [-0.39, 0.29) is 18.9 Å². The first-order valence-corrected chi connectivity index (χ1v) is 10.3. The third kappa shape index (κ3) is 4.26. The van der Waals surface area contributed by atoms with Crippen molar-refractivity contribution in [2.45, 2.75) is 44.7 Å². The summed E-state index contributed by atoms with van der Waals surface area (Å²) in [4.78, 5) is 37.8. The largest absolute Gasteiger partial charge is 0.480 e. The van der Waals surface area contributed by atoms with Crippen molar-refractivity contribution in [2.75, 3.05) is 13.7 Å². The minimum absolute atomic E-state index is 0.0866. The van der Waals surface area contributed by atoms with Crippen LogP contribution in [0.3, 0.4) is 0 Å². The van der Waals surface area contributed by atoms with E-state index < -0.39 is 29.6 Å². The van der Waals surface area contributed by atoms with Gasteiger partial charge in [-0.3, -0.25) is 4.79 Å². The highest BCUT2D eigenvalue weighted by Gasteiger charge is 2.39. The molecule has 1 aliphatic carbocycles. The molecule has 7 nitrogen and oxygen atoms in total. The van der Waals surface area contributed by atoms with Crippen LogP contribution in [-0.4, -0.2) is 53.2 Å². The number of carboxylic acids is 1. The molecule has 0 saturated carbocycles. The fraction of sp³-hybridized carbons (Fsp3) is 0.375. The lowest BCUT2D eigenvalue weighted by atomic mass is 9.96. The number of carboxylic acid groups (broad SMARTS) is 1. The summed E-state index contributed by atoms with van der Waals surface area (Å²) >= 11 is 0. The van der Waals surface area contributed by atoms with Crippen LogP contribution in [0.1, 0.15) is 44.2 Å². The first-order chi connectivity index (χ1) is 14.7. The molecule has 0 spiro atoms. The highest BCUT2D eigenvalue weighted by atomic mass is 16.5. The van der Waals surface area contributed by atoms with Gasteiger partial charge in [0.2, 0.25) is 5.91 Å². The Morgan fingerprint density at radius 3 is 2.10 bits per heavy atom. The lowest BCUT2D eigenvalue weighted by Crippen LogP contribution is -2.59. The van der Waals surface area contributed by atoms with E-state index in [2.05, 4.69) is 17.4 Å². The van der Waals surface area contributed by atoms with Gasteiger partial charge in [-0.25, -0.2) is 9.59 Å². The van der Waals surface area contributed by atoms with Crippen molar-refractivity contribution in [1.29, 1.82) is 0 Å². The molecule has 2 aromatic carbocycles. The molecule has 0 aliphatic heterocycles. The monoisotopic (exact) mass is 424 g/mol. The Morgan fingerprint density at radius 1 is 1.10 bits per heavy atom. The molecule has 0 bridgehead atoms. The molecule has 7 heteroatoms. The third-order valence-electron chi connectivity index (χ3n) is 6.16. The molecule has 0 radical (unpaired) electrons. The van der Waals surface area contributed by atoms with E-state index in [1.54, 1.807) is 13.8 Å². The minimum atomic E-state index is -1.28. The molecule has 2 N–H and O–H groups in total. The summed E-state index contributed by atoms with van der Waals surface area (Å²) in [7, 11) is 1.41. The predicted octanol–water partition coefficient (Wildman–Crippen LogP) is 3.63. The van der Waals surface area contributed by atoms with E-state index in [4.69, 9.17) is 4.74 Å². The lowest BCUT2D eigenvalue weighted by molar-refractivity contribution is -0.150. The normalized spacial score (nSPS) is 15.2. The Balaban J connectivity index is 1.71. The van der Waals surface area contributed by atoms with E-state index in [1.807, 2.05) is 36.4 Å². The van der Waals surface area contributed by atoms with Gasteiger partial charge in [0.1, 0.15) is 18.2 Å². The number of hydrogen-bond acceptors (Lipinski definition) is 4. The number of benzene rings is 2. The van der Waals surface area contributed by atoms with Crippen molar-refractivity contribution in [1.82, 2.24) is 10.2 Å². The smallest absolute Gasteiger partial charge is 0.408 e. The molecule has 2 amide bonds. The molecule has 3 rings (SSSR count). The summed E-state index contributed by atoms with van der Waals surface area (Å²) in [6.07, 6.45) is -0.428. The van der Waals surface area contributed by atoms with Crippen LogP contribution < -0.4 is 5.32 Å². The van der Waals surface area contributed by atoms with E-state index in [0.29, 0.717) is 0 Å². The molecule has 2 unspecified atom stereocenters.